The molecule has 1 amide bonds. The van der Waals surface area contributed by atoms with E-state index in [2.05, 4.69) is 25.7 Å². The van der Waals surface area contributed by atoms with Crippen molar-refractivity contribution in [3.8, 4) is 0 Å². The Morgan fingerprint density at radius 1 is 0.871 bits per heavy atom. The van der Waals surface area contributed by atoms with Crippen LogP contribution in [0.25, 0.3) is 0 Å². The van der Waals surface area contributed by atoms with Gasteiger partial charge in [0.15, 0.2) is 0 Å². The molecule has 2 N–H and O–H groups in total. The second-order valence-corrected chi connectivity index (χ2v) is 14.2. The van der Waals surface area contributed by atoms with Gasteiger partial charge in [-0.2, -0.15) is 0 Å². The average Bonchev–Trinajstić information content (AvgIpc) is 3.94. The third-order valence-electron chi connectivity index (χ3n) is 10.3. The monoisotopic (exact) mass is 875 g/mol. The van der Waals surface area contributed by atoms with Gasteiger partial charge in [-0.1, -0.05) is 47.3 Å². The fourth-order valence-electron chi connectivity index (χ4n) is 6.81. The smallest absolute Gasteiger partial charge is 0.629 e. The Hall–Kier alpha value is -3.15. The maximum atomic E-state index is 13.9. The van der Waals surface area contributed by atoms with Gasteiger partial charge in [-0.05, 0) is 80.6 Å². The minimum Gasteiger partial charge on any atom is -0.629 e. The summed E-state index contributed by atoms with van der Waals surface area (Å²) in [5.41, 5.74) is 10.8. The van der Waals surface area contributed by atoms with Gasteiger partial charge in [0.2, 0.25) is 5.91 Å². The zero-order valence-electron chi connectivity index (χ0n) is 39.1. The largest absolute Gasteiger partial charge is 1.00 e. The van der Waals surface area contributed by atoms with Gasteiger partial charge in [0.1, 0.15) is 0 Å². The number of carboxylic acids is 1. The van der Waals surface area contributed by atoms with Crippen molar-refractivity contribution in [1.82, 2.24) is 10.2 Å². The summed E-state index contributed by atoms with van der Waals surface area (Å²) in [7, 11) is 3.35. The summed E-state index contributed by atoms with van der Waals surface area (Å²) in [6.45, 7) is 23.1. The molecule has 0 aromatic carbocycles. The number of nitrogens with one attached hydrogen (secondary N) is 1. The molecule has 1 fully saturated rings. The van der Waals surface area contributed by atoms with Crippen molar-refractivity contribution >= 4 is 29.0 Å². The molecule has 5 aliphatic heterocycles. The molecule has 5 rings (SSSR count). The molecule has 1 saturated heterocycles. The summed E-state index contributed by atoms with van der Waals surface area (Å²) >= 11 is 0. The third-order valence-corrected chi connectivity index (χ3v) is 10.3. The molecule has 5 aliphatic rings. The van der Waals surface area contributed by atoms with Gasteiger partial charge in [-0.15, -0.1) is 0 Å². The number of nitrogens with zero attached hydrogens (tertiary/aromatic N) is 4. The number of rotatable bonds is 17. The first kappa shape index (κ1) is 56.9. The van der Waals surface area contributed by atoms with Crippen molar-refractivity contribution in [2.24, 2.45) is 20.9 Å². The van der Waals surface area contributed by atoms with Gasteiger partial charge >= 0.3 is 59.1 Å². The van der Waals surface area contributed by atoms with Crippen LogP contribution in [0.15, 0.2) is 119 Å². The molecule has 0 aliphatic carbocycles. The van der Waals surface area contributed by atoms with Gasteiger partial charge < -0.3 is 49.3 Å². The molecule has 14 nitrogen and oxygen atoms in total. The van der Waals surface area contributed by atoms with Crippen molar-refractivity contribution in [1.29, 1.82) is 0 Å². The van der Waals surface area contributed by atoms with E-state index in [1.807, 2.05) is 52.0 Å². The number of fused-ring (bicyclic) bond motifs is 5. The number of allylic oxidation sites excluding steroid dienone is 11. The van der Waals surface area contributed by atoms with Gasteiger partial charge in [-0.3, -0.25) is 4.79 Å². The standard InChI is InChI=1S/C41H53N5O7.C3H6O2.C2H6.2Na/c1-9-28-25(4)32-21-31-24(3)19-35(42-31)30(20-38(47)46(7)11-12-51-15-16-53-18-17-52-14-13-50-8)40-39(41(48)49)27(6)34(45-40)23-37-29(10-2)26(5)33(44-37)22-36(28)43-32;1-2-3(4)5;1-2;;/h9,21-24,42,48-49H,1,10-20H2,2-8H3;2H2,1H3,(H,4,5);1-2H3;;/q;;;2*+1/p-2. The maximum absolute atomic E-state index is 13.9. The summed E-state index contributed by atoms with van der Waals surface area (Å²) < 4.78 is 21.6. The Labute approximate surface area is 412 Å². The number of amides is 1. The number of aliphatic hydroxyl groups is 1. The van der Waals surface area contributed by atoms with Crippen molar-refractivity contribution in [3.05, 3.63) is 104 Å². The minimum absolute atomic E-state index is 0. The molecule has 8 bridgehead atoms. The van der Waals surface area contributed by atoms with Crippen LogP contribution in [0, 0.1) is 5.92 Å². The van der Waals surface area contributed by atoms with E-state index in [0.717, 1.165) is 62.9 Å². The van der Waals surface area contributed by atoms with Crippen LogP contribution in [0.5, 0.6) is 0 Å². The second kappa shape index (κ2) is 28.6. The molecule has 62 heavy (non-hydrogen) atoms. The minimum atomic E-state index is -1.10. The SMILES string of the molecule is C=CC1=C(C)C2=NC1=CC1=NC(=CC3=C(C)/C(=C(\[O-])O)C(=N3)C(CC(=O)N(C)CCOCCOCCOCCOC)=C3CC(C)C(=C2)N3)C(CC)=C1C.CC.CCC(=O)[O-].[Na+].[Na+]. The fourth-order valence-corrected chi connectivity index (χ4v) is 6.81. The number of aliphatic carboxylic acids is 1. The molecule has 0 saturated carbocycles. The molecule has 0 aromatic rings. The van der Waals surface area contributed by atoms with E-state index in [9.17, 15) is 24.9 Å². The van der Waals surface area contributed by atoms with E-state index < -0.39 is 11.9 Å². The zero-order chi connectivity index (χ0) is 44.5. The quantitative estimate of drug-likeness (QED) is 0.107. The van der Waals surface area contributed by atoms with Crippen LogP contribution in [0.1, 0.15) is 81.1 Å². The molecule has 328 valence electrons. The number of ether oxygens (including phenoxy) is 4. The Kier molecular flexibility index (Phi) is 26.2. The topological polar surface area (TPSA) is 190 Å². The van der Waals surface area contributed by atoms with E-state index in [4.69, 9.17) is 33.9 Å². The van der Waals surface area contributed by atoms with Gasteiger partial charge in [0.25, 0.3) is 0 Å². The molecule has 1 unspecified atom stereocenters. The predicted octanol–water partition coefficient (Wildman–Crippen LogP) is -0.743. The van der Waals surface area contributed by atoms with E-state index in [-0.39, 0.29) is 95.1 Å². The molecule has 0 spiro atoms. The van der Waals surface area contributed by atoms with Crippen LogP contribution in [0.2, 0.25) is 0 Å². The van der Waals surface area contributed by atoms with Gasteiger partial charge in [0.05, 0.1) is 92.8 Å². The Morgan fingerprint density at radius 2 is 1.44 bits per heavy atom. The normalized spacial score (nSPS) is 18.4. The van der Waals surface area contributed by atoms with Gasteiger partial charge in [0, 0.05) is 60.7 Å². The van der Waals surface area contributed by atoms with E-state index >= 15 is 0 Å². The molecule has 16 heteroatoms. The summed E-state index contributed by atoms with van der Waals surface area (Å²) in [6.07, 6.45) is 9.11. The number of hydrogen-bond donors (Lipinski definition) is 2. The summed E-state index contributed by atoms with van der Waals surface area (Å²) in [6, 6.07) is 0. The molecule has 0 radical (unpaired) electrons. The van der Waals surface area contributed by atoms with Crippen LogP contribution in [0.4, 0.5) is 0 Å². The molecule has 1 atom stereocenters. The van der Waals surface area contributed by atoms with Gasteiger partial charge in [-0.25, -0.2) is 15.0 Å². The second-order valence-electron chi connectivity index (χ2n) is 14.2. The summed E-state index contributed by atoms with van der Waals surface area (Å²) in [5.74, 6) is -2.22. The Morgan fingerprint density at radius 3 is 1.98 bits per heavy atom. The summed E-state index contributed by atoms with van der Waals surface area (Å²) in [5, 5.41) is 36.3. The third kappa shape index (κ3) is 15.2. The number of methoxy groups -OCH3 is 1. The van der Waals surface area contributed by atoms with Crippen LogP contribution in [-0.2, 0) is 28.5 Å². The fraction of sp³-hybridized carbons (Fsp3) is 0.500. The number of likely N-dealkylation sites (N-methyl/N-ethyl adjacent to an activating group) is 1. The van der Waals surface area contributed by atoms with Crippen LogP contribution in [0.3, 0.4) is 0 Å². The van der Waals surface area contributed by atoms with Crippen molar-refractivity contribution in [2.75, 3.05) is 67.0 Å². The summed E-state index contributed by atoms with van der Waals surface area (Å²) in [4.78, 5) is 39.7. The molecular formula is C46H63N5Na2O9. The van der Waals surface area contributed by atoms with Crippen molar-refractivity contribution < 1.29 is 103 Å². The molecule has 5 heterocycles. The number of carbonyl (C=O) groups excluding carboxylic acids is 2. The van der Waals surface area contributed by atoms with E-state index in [0.29, 0.717) is 76.1 Å². The van der Waals surface area contributed by atoms with Crippen molar-refractivity contribution in [3.63, 3.8) is 0 Å². The first-order valence-corrected chi connectivity index (χ1v) is 20.7. The van der Waals surface area contributed by atoms with Crippen molar-refractivity contribution in [2.45, 2.75) is 81.1 Å². The van der Waals surface area contributed by atoms with Crippen LogP contribution >= 0.6 is 0 Å². The number of carbonyl (C=O) groups is 2. The predicted molar refractivity (Wildman–Crippen MR) is 232 cm³/mol. The first-order valence-electron chi connectivity index (χ1n) is 20.7. The van der Waals surface area contributed by atoms with E-state index in [1.54, 1.807) is 26.0 Å². The number of carboxylic acid groups (broad SMARTS) is 1. The molecular weight excluding hydrogens is 813 g/mol. The Bertz CT molecular complexity index is 2000. The molecule has 0 aromatic heterocycles. The van der Waals surface area contributed by atoms with E-state index in [1.165, 1.54) is 6.92 Å². The first-order chi connectivity index (χ1) is 28.8. The van der Waals surface area contributed by atoms with Crippen LogP contribution in [-0.4, -0.2) is 106 Å². The van der Waals surface area contributed by atoms with Crippen LogP contribution < -0.4 is 74.6 Å². The number of aliphatic hydroxyl groups excluding tert-OH is 1. The Balaban J connectivity index is 0.00000199. The number of hydrogen-bond acceptors (Lipinski definition) is 13. The zero-order valence-corrected chi connectivity index (χ0v) is 43.1. The average molecular weight is 876 g/mol. The number of aliphatic imine (C=N–C) groups is 3. The maximum Gasteiger partial charge on any atom is 1.00 e.